The average molecular weight is 245 g/mol. The van der Waals surface area contributed by atoms with E-state index in [0.29, 0.717) is 0 Å². The molecule has 0 heterocycles. The van der Waals surface area contributed by atoms with Crippen LogP contribution in [0.15, 0.2) is 42.0 Å². The molecule has 1 rings (SSSR count). The maximum Gasteiger partial charge on any atom is 0.244 e. The monoisotopic (exact) mass is 245 g/mol. The molecule has 1 unspecified atom stereocenters. The second kappa shape index (κ2) is 5.85. The van der Waals surface area contributed by atoms with Gasteiger partial charge in [0.1, 0.15) is 0 Å². The van der Waals surface area contributed by atoms with Crippen LogP contribution in [-0.4, -0.2) is 5.91 Å². The quantitative estimate of drug-likeness (QED) is 0.805. The summed E-state index contributed by atoms with van der Waals surface area (Å²) < 4.78 is 0. The highest BCUT2D eigenvalue weighted by Gasteiger charge is 2.27. The summed E-state index contributed by atoms with van der Waals surface area (Å²) >= 11 is 0. The molecular formula is C16H23NO. The van der Waals surface area contributed by atoms with Crippen molar-refractivity contribution < 1.29 is 4.79 Å². The zero-order chi connectivity index (χ0) is 13.8. The number of allylic oxidation sites excluding steroid dienone is 1. The molecule has 1 aromatic carbocycles. The molecular weight excluding hydrogens is 222 g/mol. The van der Waals surface area contributed by atoms with E-state index in [0.717, 1.165) is 11.1 Å². The summed E-state index contributed by atoms with van der Waals surface area (Å²) in [7, 11) is 0. The minimum absolute atomic E-state index is 0.0156. The first-order valence-electron chi connectivity index (χ1n) is 6.31. The standard InChI is InChI=1S/C16H23NO/c1-12(2)11-14(18)17-15(16(3,4)5)13-9-7-6-8-10-13/h6-11,15H,1-5H3,(H,17,18). The van der Waals surface area contributed by atoms with Gasteiger partial charge in [-0.25, -0.2) is 0 Å². The SMILES string of the molecule is CC(C)=CC(=O)NC(c1ccccc1)C(C)(C)C. The van der Waals surface area contributed by atoms with Crippen molar-refractivity contribution in [2.75, 3.05) is 0 Å². The molecule has 0 saturated carbocycles. The highest BCUT2D eigenvalue weighted by Crippen LogP contribution is 2.32. The van der Waals surface area contributed by atoms with E-state index in [1.165, 1.54) is 0 Å². The van der Waals surface area contributed by atoms with Crippen LogP contribution >= 0.6 is 0 Å². The van der Waals surface area contributed by atoms with E-state index in [9.17, 15) is 4.79 Å². The Kier molecular flexibility index (Phi) is 4.71. The first kappa shape index (κ1) is 14.5. The van der Waals surface area contributed by atoms with Gasteiger partial charge in [0, 0.05) is 6.08 Å². The molecule has 1 amide bonds. The summed E-state index contributed by atoms with van der Waals surface area (Å²) in [6, 6.07) is 10.1. The molecule has 98 valence electrons. The van der Waals surface area contributed by atoms with E-state index in [2.05, 4.69) is 38.2 Å². The molecule has 2 heteroatoms. The predicted molar refractivity (Wildman–Crippen MR) is 76.2 cm³/mol. The molecule has 0 aliphatic carbocycles. The molecule has 0 saturated heterocycles. The smallest absolute Gasteiger partial charge is 0.244 e. The summed E-state index contributed by atoms with van der Waals surface area (Å²) in [6.07, 6.45) is 1.64. The van der Waals surface area contributed by atoms with Crippen LogP contribution in [0.25, 0.3) is 0 Å². The number of hydrogen-bond donors (Lipinski definition) is 1. The lowest BCUT2D eigenvalue weighted by Gasteiger charge is -2.31. The number of rotatable bonds is 3. The lowest BCUT2D eigenvalue weighted by atomic mass is 9.82. The fourth-order valence-corrected chi connectivity index (χ4v) is 1.89. The third-order valence-corrected chi connectivity index (χ3v) is 2.71. The third kappa shape index (κ3) is 4.36. The first-order chi connectivity index (χ1) is 8.30. The maximum atomic E-state index is 11.9. The van der Waals surface area contributed by atoms with E-state index < -0.39 is 0 Å². The van der Waals surface area contributed by atoms with Gasteiger partial charge >= 0.3 is 0 Å². The number of amides is 1. The van der Waals surface area contributed by atoms with Crippen LogP contribution in [0, 0.1) is 5.41 Å². The van der Waals surface area contributed by atoms with E-state index in [1.54, 1.807) is 6.08 Å². The largest absolute Gasteiger partial charge is 0.345 e. The maximum absolute atomic E-state index is 11.9. The number of carbonyl (C=O) groups excluding carboxylic acids is 1. The molecule has 0 aliphatic heterocycles. The Morgan fingerprint density at radius 2 is 1.72 bits per heavy atom. The zero-order valence-electron chi connectivity index (χ0n) is 11.9. The van der Waals surface area contributed by atoms with Gasteiger partial charge in [0.25, 0.3) is 0 Å². The first-order valence-corrected chi connectivity index (χ1v) is 6.31. The van der Waals surface area contributed by atoms with Crippen molar-refractivity contribution in [3.63, 3.8) is 0 Å². The van der Waals surface area contributed by atoms with Gasteiger partial charge in [-0.05, 0) is 24.8 Å². The Labute approximate surface area is 110 Å². The minimum atomic E-state index is -0.0289. The van der Waals surface area contributed by atoms with Gasteiger partial charge in [-0.3, -0.25) is 4.79 Å². The Hall–Kier alpha value is -1.57. The molecule has 0 aliphatic rings. The minimum Gasteiger partial charge on any atom is -0.345 e. The summed E-state index contributed by atoms with van der Waals surface area (Å²) in [6.45, 7) is 10.2. The van der Waals surface area contributed by atoms with Gasteiger partial charge in [0.15, 0.2) is 0 Å². The van der Waals surface area contributed by atoms with Crippen LogP contribution in [0.5, 0.6) is 0 Å². The fraction of sp³-hybridized carbons (Fsp3) is 0.438. The van der Waals surface area contributed by atoms with Gasteiger partial charge in [0.05, 0.1) is 6.04 Å². The molecule has 1 N–H and O–H groups in total. The molecule has 0 bridgehead atoms. The van der Waals surface area contributed by atoms with Gasteiger partial charge in [-0.15, -0.1) is 0 Å². The lowest BCUT2D eigenvalue weighted by molar-refractivity contribution is -0.118. The molecule has 1 aromatic rings. The van der Waals surface area contributed by atoms with Gasteiger partial charge in [-0.2, -0.15) is 0 Å². The lowest BCUT2D eigenvalue weighted by Crippen LogP contribution is -2.35. The van der Waals surface area contributed by atoms with Crippen LogP contribution in [0.4, 0.5) is 0 Å². The van der Waals surface area contributed by atoms with Gasteiger partial charge in [-0.1, -0.05) is 56.7 Å². The molecule has 0 fully saturated rings. The summed E-state index contributed by atoms with van der Waals surface area (Å²) in [4.78, 5) is 11.9. The number of hydrogen-bond acceptors (Lipinski definition) is 1. The highest BCUT2D eigenvalue weighted by molar-refractivity contribution is 5.88. The fourth-order valence-electron chi connectivity index (χ4n) is 1.89. The van der Waals surface area contributed by atoms with E-state index >= 15 is 0 Å². The van der Waals surface area contributed by atoms with Crippen molar-refractivity contribution in [1.82, 2.24) is 5.32 Å². The molecule has 0 spiro atoms. The van der Waals surface area contributed by atoms with Crippen molar-refractivity contribution in [2.24, 2.45) is 5.41 Å². The summed E-state index contributed by atoms with van der Waals surface area (Å²) in [5.74, 6) is -0.0289. The van der Waals surface area contributed by atoms with Gasteiger partial charge < -0.3 is 5.32 Å². The van der Waals surface area contributed by atoms with Gasteiger partial charge in [0.2, 0.25) is 5.91 Å². The molecule has 0 radical (unpaired) electrons. The number of carbonyl (C=O) groups is 1. The second-order valence-corrected chi connectivity index (χ2v) is 5.94. The van der Waals surface area contributed by atoms with Crippen LogP contribution < -0.4 is 5.32 Å². The van der Waals surface area contributed by atoms with Crippen LogP contribution in [0.3, 0.4) is 0 Å². The van der Waals surface area contributed by atoms with Crippen LogP contribution in [0.2, 0.25) is 0 Å². The van der Waals surface area contributed by atoms with E-state index in [4.69, 9.17) is 0 Å². The van der Waals surface area contributed by atoms with Crippen LogP contribution in [-0.2, 0) is 4.79 Å². The third-order valence-electron chi connectivity index (χ3n) is 2.71. The Bertz CT molecular complexity index is 422. The normalized spacial score (nSPS) is 12.7. The van der Waals surface area contributed by atoms with Crippen molar-refractivity contribution in [3.8, 4) is 0 Å². The van der Waals surface area contributed by atoms with Crippen LogP contribution in [0.1, 0.15) is 46.2 Å². The second-order valence-electron chi connectivity index (χ2n) is 5.94. The van der Waals surface area contributed by atoms with Crippen molar-refractivity contribution >= 4 is 5.91 Å². The van der Waals surface area contributed by atoms with E-state index in [-0.39, 0.29) is 17.4 Å². The van der Waals surface area contributed by atoms with Crippen molar-refractivity contribution in [2.45, 2.75) is 40.7 Å². The Morgan fingerprint density at radius 3 is 2.17 bits per heavy atom. The topological polar surface area (TPSA) is 29.1 Å². The average Bonchev–Trinajstić information content (AvgIpc) is 2.24. The summed E-state index contributed by atoms with van der Waals surface area (Å²) in [5, 5.41) is 3.09. The molecule has 0 aromatic heterocycles. The number of benzene rings is 1. The summed E-state index contributed by atoms with van der Waals surface area (Å²) in [5.41, 5.74) is 2.13. The predicted octanol–water partition coefficient (Wildman–Crippen LogP) is 3.86. The molecule has 18 heavy (non-hydrogen) atoms. The Morgan fingerprint density at radius 1 is 1.17 bits per heavy atom. The highest BCUT2D eigenvalue weighted by atomic mass is 16.1. The zero-order valence-corrected chi connectivity index (χ0v) is 11.9. The molecule has 1 atom stereocenters. The van der Waals surface area contributed by atoms with Crippen molar-refractivity contribution in [1.29, 1.82) is 0 Å². The number of nitrogens with one attached hydrogen (secondary N) is 1. The Balaban J connectivity index is 2.95. The van der Waals surface area contributed by atoms with E-state index in [1.807, 2.05) is 32.0 Å². The van der Waals surface area contributed by atoms with Crippen molar-refractivity contribution in [3.05, 3.63) is 47.5 Å². The molecule has 2 nitrogen and oxygen atoms in total.